The van der Waals surface area contributed by atoms with Crippen molar-refractivity contribution < 1.29 is 9.53 Å². The number of fused-ring (bicyclic) bond motifs is 2. The van der Waals surface area contributed by atoms with Gasteiger partial charge in [0.05, 0.1) is 17.1 Å². The van der Waals surface area contributed by atoms with Crippen LogP contribution in [0.2, 0.25) is 0 Å². The maximum Gasteiger partial charge on any atom is 0.249 e. The van der Waals surface area contributed by atoms with Gasteiger partial charge < -0.3 is 4.74 Å². The van der Waals surface area contributed by atoms with Crippen LogP contribution in [0.4, 0.5) is 5.82 Å². The number of aromatic nitrogens is 2. The highest BCUT2D eigenvalue weighted by atomic mass is 16.5. The lowest BCUT2D eigenvalue weighted by Crippen LogP contribution is -2.24. The number of para-hydroxylation sites is 1. The second kappa shape index (κ2) is 7.06. The molecule has 6 heteroatoms. The number of nitrogens with zero attached hydrogens (tertiary/aromatic N) is 4. The Morgan fingerprint density at radius 3 is 2.92 bits per heavy atom. The first-order chi connectivity index (χ1) is 12.8. The van der Waals surface area contributed by atoms with E-state index in [2.05, 4.69) is 20.0 Å². The molecule has 126 valence electrons. The molecular formula is C20H14N4O2. The van der Waals surface area contributed by atoms with E-state index < -0.39 is 0 Å². The van der Waals surface area contributed by atoms with Crippen molar-refractivity contribution in [1.82, 2.24) is 9.97 Å². The molecule has 1 aliphatic heterocycles. The number of benzene rings is 2. The van der Waals surface area contributed by atoms with Gasteiger partial charge in [0.1, 0.15) is 12.1 Å². The van der Waals surface area contributed by atoms with Crippen molar-refractivity contribution in [3.63, 3.8) is 0 Å². The van der Waals surface area contributed by atoms with Crippen molar-refractivity contribution in [2.75, 3.05) is 0 Å². The predicted molar refractivity (Wildman–Crippen MR) is 98.8 cm³/mol. The number of hydrogen-bond donors (Lipinski definition) is 0. The van der Waals surface area contributed by atoms with E-state index in [0.717, 1.165) is 21.5 Å². The molecule has 0 saturated heterocycles. The highest BCUT2D eigenvalue weighted by Gasteiger charge is 2.05. The summed E-state index contributed by atoms with van der Waals surface area (Å²) in [5.41, 5.74) is 0.776. The Bertz CT molecular complexity index is 1170. The molecule has 0 saturated carbocycles. The Hall–Kier alpha value is -3.67. The van der Waals surface area contributed by atoms with Crippen LogP contribution in [0, 0.1) is 0 Å². The zero-order valence-electron chi connectivity index (χ0n) is 13.7. The van der Waals surface area contributed by atoms with E-state index in [-0.39, 0.29) is 12.3 Å². The van der Waals surface area contributed by atoms with Crippen LogP contribution >= 0.6 is 0 Å². The Morgan fingerprint density at radius 1 is 1.04 bits per heavy atom. The van der Waals surface area contributed by atoms with Gasteiger partial charge in [-0.15, -0.1) is 0 Å². The van der Waals surface area contributed by atoms with Gasteiger partial charge in [0, 0.05) is 18.0 Å². The normalized spacial score (nSPS) is 13.9. The maximum absolute atomic E-state index is 11.9. The second-order valence-electron chi connectivity index (χ2n) is 5.57. The van der Waals surface area contributed by atoms with Gasteiger partial charge in [-0.2, -0.15) is 0 Å². The summed E-state index contributed by atoms with van der Waals surface area (Å²) in [6.07, 6.45) is 7.94. The summed E-state index contributed by atoms with van der Waals surface area (Å²) in [7, 11) is 0. The third-order valence-corrected chi connectivity index (χ3v) is 3.83. The minimum atomic E-state index is -0.246. The van der Waals surface area contributed by atoms with Crippen molar-refractivity contribution in [3.05, 3.63) is 71.7 Å². The van der Waals surface area contributed by atoms with E-state index in [1.165, 1.54) is 18.8 Å². The lowest BCUT2D eigenvalue weighted by Gasteiger charge is -2.04. The van der Waals surface area contributed by atoms with Crippen LogP contribution in [0.5, 0.6) is 5.75 Å². The first kappa shape index (κ1) is 15.8. The summed E-state index contributed by atoms with van der Waals surface area (Å²) in [4.78, 5) is 29.0. The number of carbonyl (C=O) groups is 1. The zero-order chi connectivity index (χ0) is 17.8. The van der Waals surface area contributed by atoms with Gasteiger partial charge in [-0.1, -0.05) is 24.3 Å². The van der Waals surface area contributed by atoms with Crippen molar-refractivity contribution >= 4 is 34.9 Å². The summed E-state index contributed by atoms with van der Waals surface area (Å²) in [6, 6.07) is 13.1. The van der Waals surface area contributed by atoms with Crippen molar-refractivity contribution in [3.8, 4) is 5.75 Å². The van der Waals surface area contributed by atoms with E-state index in [0.29, 0.717) is 11.6 Å². The van der Waals surface area contributed by atoms with Crippen molar-refractivity contribution in [2.45, 2.75) is 6.42 Å². The minimum Gasteiger partial charge on any atom is -0.465 e. The molecule has 4 rings (SSSR count). The molecule has 0 fully saturated rings. The first-order valence-electron chi connectivity index (χ1n) is 8.07. The monoisotopic (exact) mass is 342 g/mol. The van der Waals surface area contributed by atoms with E-state index in [9.17, 15) is 4.79 Å². The van der Waals surface area contributed by atoms with Gasteiger partial charge in [0.25, 0.3) is 0 Å². The largest absolute Gasteiger partial charge is 0.465 e. The summed E-state index contributed by atoms with van der Waals surface area (Å²) in [5.74, 6) is 0.918. The average molecular weight is 342 g/mol. The maximum atomic E-state index is 11.9. The SMILES string of the molecule is O=C1CC=c2ccccc2=Nc2ncnc3ccc(cc23)OC=CC=N1. The predicted octanol–water partition coefficient (Wildman–Crippen LogP) is 2.26. The van der Waals surface area contributed by atoms with E-state index >= 15 is 0 Å². The lowest BCUT2D eigenvalue weighted by atomic mass is 10.2. The molecule has 2 heterocycles. The van der Waals surface area contributed by atoms with Crippen LogP contribution in [-0.4, -0.2) is 22.1 Å². The highest BCUT2D eigenvalue weighted by Crippen LogP contribution is 2.25. The molecule has 1 aromatic heterocycles. The van der Waals surface area contributed by atoms with Gasteiger partial charge in [0.15, 0.2) is 5.82 Å². The van der Waals surface area contributed by atoms with Crippen LogP contribution in [0.25, 0.3) is 17.0 Å². The van der Waals surface area contributed by atoms with Crippen LogP contribution in [0.3, 0.4) is 0 Å². The zero-order valence-corrected chi connectivity index (χ0v) is 13.7. The number of amides is 1. The third kappa shape index (κ3) is 3.39. The molecule has 0 radical (unpaired) electrons. The lowest BCUT2D eigenvalue weighted by molar-refractivity contribution is -0.116. The fraction of sp³-hybridized carbons (Fsp3) is 0.0500. The van der Waals surface area contributed by atoms with E-state index in [1.807, 2.05) is 48.5 Å². The van der Waals surface area contributed by atoms with Gasteiger partial charge in [-0.25, -0.2) is 20.0 Å². The standard InChI is InChI=1S/C20H14N4O2/c25-19-9-6-14-4-1-2-5-17(14)24-20-16-12-15(26-11-3-10-21-19)7-8-18(16)22-13-23-20/h1-8,10-13H,9H2. The molecule has 2 aromatic carbocycles. The molecule has 6 nitrogen and oxygen atoms in total. The molecule has 0 unspecified atom stereocenters. The van der Waals surface area contributed by atoms with Gasteiger partial charge in [-0.05, 0) is 35.6 Å². The number of aliphatic imine (C=N–C) groups is 1. The molecule has 0 spiro atoms. The Balaban J connectivity index is 1.99. The smallest absolute Gasteiger partial charge is 0.249 e. The Kier molecular flexibility index (Phi) is 4.30. The number of carbonyl (C=O) groups excluding carboxylic acids is 1. The van der Waals surface area contributed by atoms with E-state index in [1.54, 1.807) is 6.08 Å². The minimum absolute atomic E-state index is 0.185. The van der Waals surface area contributed by atoms with Gasteiger partial charge in [-0.3, -0.25) is 4.79 Å². The molecule has 2 bridgehead atoms. The molecular weight excluding hydrogens is 328 g/mol. The van der Waals surface area contributed by atoms with Crippen LogP contribution < -0.4 is 15.3 Å². The molecule has 1 amide bonds. The summed E-state index contributed by atoms with van der Waals surface area (Å²) < 4.78 is 5.56. The van der Waals surface area contributed by atoms with Crippen LogP contribution in [0.1, 0.15) is 6.42 Å². The number of hydrogen-bond acceptors (Lipinski definition) is 5. The van der Waals surface area contributed by atoms with Crippen molar-refractivity contribution in [1.29, 1.82) is 0 Å². The summed E-state index contributed by atoms with van der Waals surface area (Å²) in [5, 5.41) is 2.36. The number of allylic oxidation sites excluding steroid dienone is 1. The molecule has 26 heavy (non-hydrogen) atoms. The van der Waals surface area contributed by atoms with Gasteiger partial charge >= 0.3 is 0 Å². The molecule has 0 N–H and O–H groups in total. The topological polar surface area (TPSA) is 76.8 Å². The molecule has 3 aromatic rings. The quantitative estimate of drug-likeness (QED) is 0.628. The fourth-order valence-electron chi connectivity index (χ4n) is 2.59. The highest BCUT2D eigenvalue weighted by molar-refractivity contribution is 5.91. The second-order valence-corrected chi connectivity index (χ2v) is 5.57. The van der Waals surface area contributed by atoms with E-state index in [4.69, 9.17) is 4.74 Å². The summed E-state index contributed by atoms with van der Waals surface area (Å²) >= 11 is 0. The summed E-state index contributed by atoms with van der Waals surface area (Å²) in [6.45, 7) is 0. The van der Waals surface area contributed by atoms with Crippen molar-refractivity contribution in [2.24, 2.45) is 9.98 Å². The van der Waals surface area contributed by atoms with Crippen LogP contribution in [0.15, 0.2) is 71.1 Å². The number of ether oxygens (including phenoxy) is 1. The Labute approximate surface area is 148 Å². The molecule has 0 aliphatic carbocycles. The average Bonchev–Trinajstić information content (AvgIpc) is 2.67. The number of rotatable bonds is 0. The Morgan fingerprint density at radius 2 is 1.96 bits per heavy atom. The van der Waals surface area contributed by atoms with Gasteiger partial charge in [0.2, 0.25) is 5.91 Å². The first-order valence-corrected chi connectivity index (χ1v) is 8.07. The fourth-order valence-corrected chi connectivity index (χ4v) is 2.59. The molecule has 0 atom stereocenters. The van der Waals surface area contributed by atoms with Crippen LogP contribution in [-0.2, 0) is 4.79 Å². The molecule has 1 aliphatic rings. The third-order valence-electron chi connectivity index (χ3n) is 3.83.